The summed E-state index contributed by atoms with van der Waals surface area (Å²) in [5, 5.41) is 3.29. The number of piperazine rings is 1. The largest absolute Gasteiger partial charge is 0.346 e. The summed E-state index contributed by atoms with van der Waals surface area (Å²) >= 11 is 1.74. The maximum atomic E-state index is 4.83. The Labute approximate surface area is 146 Å². The average molecular weight is 336 g/mol. The number of nitrogens with zero attached hydrogens (tertiary/aromatic N) is 4. The lowest BCUT2D eigenvalue weighted by atomic mass is 10.2. The molecule has 1 saturated heterocycles. The van der Waals surface area contributed by atoms with Crippen molar-refractivity contribution in [3.05, 3.63) is 65.8 Å². The molecule has 0 unspecified atom stereocenters. The number of anilines is 1. The van der Waals surface area contributed by atoms with E-state index >= 15 is 0 Å². The Hall–Kier alpha value is -2.24. The van der Waals surface area contributed by atoms with Crippen LogP contribution in [0.3, 0.4) is 0 Å². The quantitative estimate of drug-likeness (QED) is 0.730. The zero-order valence-corrected chi connectivity index (χ0v) is 14.3. The number of thiazole rings is 1. The Bertz CT molecular complexity index is 764. The molecule has 0 N–H and O–H groups in total. The monoisotopic (exact) mass is 336 g/mol. The van der Waals surface area contributed by atoms with E-state index in [2.05, 4.69) is 56.6 Å². The topological polar surface area (TPSA) is 32.3 Å². The van der Waals surface area contributed by atoms with Crippen molar-refractivity contribution in [3.8, 4) is 11.3 Å². The van der Waals surface area contributed by atoms with Gasteiger partial charge >= 0.3 is 0 Å². The fraction of sp³-hybridized carbons (Fsp3) is 0.263. The standard InChI is InChI=1S/C19H20N4S/c1-2-6-16(7-3-1)18-15-24-19(21-18)23-12-10-22(11-13-23)14-17-8-4-5-9-20-17/h1-9,15H,10-14H2. The summed E-state index contributed by atoms with van der Waals surface area (Å²) in [5.74, 6) is 0. The molecule has 0 bridgehead atoms. The molecule has 0 amide bonds. The minimum Gasteiger partial charge on any atom is -0.346 e. The maximum Gasteiger partial charge on any atom is 0.185 e. The van der Waals surface area contributed by atoms with E-state index in [1.807, 2.05) is 18.3 Å². The van der Waals surface area contributed by atoms with Gasteiger partial charge in [0.15, 0.2) is 5.13 Å². The lowest BCUT2D eigenvalue weighted by Gasteiger charge is -2.34. The van der Waals surface area contributed by atoms with Crippen molar-refractivity contribution < 1.29 is 0 Å². The molecule has 4 nitrogen and oxygen atoms in total. The van der Waals surface area contributed by atoms with Crippen molar-refractivity contribution >= 4 is 16.5 Å². The molecule has 3 heterocycles. The van der Waals surface area contributed by atoms with Crippen molar-refractivity contribution in [3.63, 3.8) is 0 Å². The van der Waals surface area contributed by atoms with E-state index < -0.39 is 0 Å². The number of rotatable bonds is 4. The molecule has 1 aliphatic rings. The Morgan fingerprint density at radius 1 is 0.917 bits per heavy atom. The first-order chi connectivity index (χ1) is 11.9. The highest BCUT2D eigenvalue weighted by Gasteiger charge is 2.20. The van der Waals surface area contributed by atoms with Gasteiger partial charge in [-0.15, -0.1) is 11.3 Å². The summed E-state index contributed by atoms with van der Waals surface area (Å²) in [6.45, 7) is 5.08. The van der Waals surface area contributed by atoms with E-state index in [-0.39, 0.29) is 0 Å². The molecule has 1 aliphatic heterocycles. The van der Waals surface area contributed by atoms with E-state index in [1.165, 1.54) is 5.56 Å². The second-order valence-electron chi connectivity index (χ2n) is 5.97. The molecule has 0 radical (unpaired) electrons. The zero-order chi connectivity index (χ0) is 16.2. The van der Waals surface area contributed by atoms with Crippen LogP contribution in [0.25, 0.3) is 11.3 Å². The van der Waals surface area contributed by atoms with Crippen molar-refractivity contribution in [1.29, 1.82) is 0 Å². The van der Waals surface area contributed by atoms with E-state index in [0.29, 0.717) is 0 Å². The van der Waals surface area contributed by atoms with Gasteiger partial charge in [-0.05, 0) is 12.1 Å². The predicted octanol–water partition coefficient (Wildman–Crippen LogP) is 3.53. The van der Waals surface area contributed by atoms with Gasteiger partial charge in [0, 0.05) is 49.9 Å². The fourth-order valence-corrected chi connectivity index (χ4v) is 3.86. The van der Waals surface area contributed by atoms with Gasteiger partial charge in [0.05, 0.1) is 11.4 Å². The number of benzene rings is 1. The lowest BCUT2D eigenvalue weighted by molar-refractivity contribution is 0.247. The second kappa shape index (κ2) is 7.11. The third-order valence-corrected chi connectivity index (χ3v) is 5.22. The third kappa shape index (κ3) is 3.47. The van der Waals surface area contributed by atoms with Crippen LogP contribution >= 0.6 is 11.3 Å². The van der Waals surface area contributed by atoms with E-state index in [4.69, 9.17) is 4.98 Å². The highest BCUT2D eigenvalue weighted by molar-refractivity contribution is 7.14. The van der Waals surface area contributed by atoms with Gasteiger partial charge in [-0.3, -0.25) is 9.88 Å². The van der Waals surface area contributed by atoms with Crippen molar-refractivity contribution in [2.75, 3.05) is 31.1 Å². The average Bonchev–Trinajstić information content (AvgIpc) is 3.14. The van der Waals surface area contributed by atoms with Crippen LogP contribution in [0, 0.1) is 0 Å². The van der Waals surface area contributed by atoms with Crippen LogP contribution in [0.2, 0.25) is 0 Å². The first-order valence-corrected chi connectivity index (χ1v) is 9.14. The summed E-state index contributed by atoms with van der Waals surface area (Å²) in [7, 11) is 0. The predicted molar refractivity (Wildman–Crippen MR) is 99.3 cm³/mol. The van der Waals surface area contributed by atoms with Gasteiger partial charge < -0.3 is 4.90 Å². The third-order valence-electron chi connectivity index (χ3n) is 4.32. The maximum absolute atomic E-state index is 4.83. The van der Waals surface area contributed by atoms with Crippen molar-refractivity contribution in [1.82, 2.24) is 14.9 Å². The van der Waals surface area contributed by atoms with Crippen LogP contribution in [0.15, 0.2) is 60.1 Å². The fourth-order valence-electron chi connectivity index (χ4n) is 2.97. The second-order valence-corrected chi connectivity index (χ2v) is 6.80. The van der Waals surface area contributed by atoms with Gasteiger partial charge in [-0.1, -0.05) is 36.4 Å². The summed E-state index contributed by atoms with van der Waals surface area (Å²) in [4.78, 5) is 14.1. The van der Waals surface area contributed by atoms with Gasteiger partial charge in [-0.2, -0.15) is 0 Å². The van der Waals surface area contributed by atoms with Crippen molar-refractivity contribution in [2.45, 2.75) is 6.54 Å². The van der Waals surface area contributed by atoms with Gasteiger partial charge in [0.25, 0.3) is 0 Å². The first kappa shape index (κ1) is 15.3. The minimum absolute atomic E-state index is 0.932. The smallest absolute Gasteiger partial charge is 0.185 e. The molecule has 3 aromatic rings. The van der Waals surface area contributed by atoms with Crippen LogP contribution in [0.5, 0.6) is 0 Å². The molecule has 1 aromatic carbocycles. The molecule has 0 aliphatic carbocycles. The molecule has 122 valence electrons. The molecule has 2 aromatic heterocycles. The molecule has 0 saturated carbocycles. The Morgan fingerprint density at radius 2 is 1.71 bits per heavy atom. The Kier molecular flexibility index (Phi) is 4.53. The number of hydrogen-bond donors (Lipinski definition) is 0. The molecular weight excluding hydrogens is 316 g/mol. The summed E-state index contributed by atoms with van der Waals surface area (Å²) in [6, 6.07) is 16.5. The van der Waals surface area contributed by atoms with Crippen molar-refractivity contribution in [2.24, 2.45) is 0 Å². The van der Waals surface area contributed by atoms with Crippen LogP contribution < -0.4 is 4.90 Å². The summed E-state index contributed by atoms with van der Waals surface area (Å²) < 4.78 is 0. The number of aromatic nitrogens is 2. The zero-order valence-electron chi connectivity index (χ0n) is 13.5. The normalized spacial score (nSPS) is 15.6. The van der Waals surface area contributed by atoms with Crippen LogP contribution in [0.1, 0.15) is 5.69 Å². The minimum atomic E-state index is 0.932. The van der Waals surface area contributed by atoms with E-state index in [9.17, 15) is 0 Å². The Balaban J connectivity index is 1.37. The van der Waals surface area contributed by atoms with Gasteiger partial charge in [-0.25, -0.2) is 4.98 Å². The van der Waals surface area contributed by atoms with Crippen LogP contribution in [-0.4, -0.2) is 41.0 Å². The van der Waals surface area contributed by atoms with Crippen LogP contribution in [-0.2, 0) is 6.54 Å². The van der Waals surface area contributed by atoms with Gasteiger partial charge in [0.1, 0.15) is 0 Å². The molecule has 1 fully saturated rings. The number of hydrogen-bond acceptors (Lipinski definition) is 5. The molecule has 4 rings (SSSR count). The highest BCUT2D eigenvalue weighted by atomic mass is 32.1. The summed E-state index contributed by atoms with van der Waals surface area (Å²) in [5.41, 5.74) is 3.41. The molecule has 0 atom stereocenters. The first-order valence-electron chi connectivity index (χ1n) is 8.27. The molecular formula is C19H20N4S. The molecule has 0 spiro atoms. The highest BCUT2D eigenvalue weighted by Crippen LogP contribution is 2.28. The van der Waals surface area contributed by atoms with Crippen LogP contribution in [0.4, 0.5) is 5.13 Å². The van der Waals surface area contributed by atoms with Gasteiger partial charge in [0.2, 0.25) is 0 Å². The van der Waals surface area contributed by atoms with E-state index in [1.54, 1.807) is 11.3 Å². The molecule has 24 heavy (non-hydrogen) atoms. The summed E-state index contributed by atoms with van der Waals surface area (Å²) in [6.07, 6.45) is 1.87. The number of pyridine rings is 1. The molecule has 5 heteroatoms. The van der Waals surface area contributed by atoms with E-state index in [0.717, 1.165) is 49.2 Å². The SMILES string of the molecule is c1ccc(-c2csc(N3CCN(Cc4ccccn4)CC3)n2)cc1. The lowest BCUT2D eigenvalue weighted by Crippen LogP contribution is -2.46. The Morgan fingerprint density at radius 3 is 2.46 bits per heavy atom.